The Morgan fingerprint density at radius 1 is 0.765 bits per heavy atom. The van der Waals surface area contributed by atoms with Crippen LogP contribution in [0.1, 0.15) is 17.2 Å². The van der Waals surface area contributed by atoms with Crippen molar-refractivity contribution in [3.05, 3.63) is 71.8 Å². The first kappa shape index (κ1) is 12.1. The highest BCUT2D eigenvalue weighted by molar-refractivity contribution is 6.52. The second kappa shape index (κ2) is 5.80. The van der Waals surface area contributed by atoms with Crippen LogP contribution in [0.15, 0.2) is 60.7 Å². The smallest absolute Gasteiger partial charge is 0.103 e. The molecule has 0 bridgehead atoms. The molecule has 2 aromatic rings. The van der Waals surface area contributed by atoms with E-state index in [4.69, 9.17) is 0 Å². The number of hydrogen-bond acceptors (Lipinski definition) is 1. The Hall–Kier alpha value is -1.38. The Morgan fingerprint density at radius 2 is 1.18 bits per heavy atom. The Kier molecular flexibility index (Phi) is 4.12. The maximum atomic E-state index is 3.75. The van der Waals surface area contributed by atoms with E-state index in [1.165, 1.54) is 11.1 Å². The minimum absolute atomic E-state index is 0.337. The lowest BCUT2D eigenvalue weighted by molar-refractivity contribution is 0.776. The van der Waals surface area contributed by atoms with Crippen molar-refractivity contribution in [2.75, 3.05) is 0 Å². The summed E-state index contributed by atoms with van der Waals surface area (Å²) in [5.41, 5.74) is 2.69. The third-order valence-electron chi connectivity index (χ3n) is 2.77. The van der Waals surface area contributed by atoms with Gasteiger partial charge < -0.3 is 4.98 Å². The molecular formula is C15H19NSi. The summed E-state index contributed by atoms with van der Waals surface area (Å²) >= 11 is 0. The molecule has 0 aromatic heterocycles. The van der Waals surface area contributed by atoms with Crippen molar-refractivity contribution in [2.24, 2.45) is 0 Å². The van der Waals surface area contributed by atoms with Gasteiger partial charge in [0.15, 0.2) is 0 Å². The molecule has 0 unspecified atom stereocenters. The number of benzene rings is 2. The molecule has 0 radical (unpaired) electrons. The minimum Gasteiger partial charge on any atom is -0.330 e. The van der Waals surface area contributed by atoms with Crippen LogP contribution in [0.25, 0.3) is 0 Å². The van der Waals surface area contributed by atoms with E-state index in [0.29, 0.717) is 6.04 Å². The first-order chi connectivity index (χ1) is 8.27. The quantitative estimate of drug-likeness (QED) is 0.810. The summed E-state index contributed by atoms with van der Waals surface area (Å²) in [7, 11) is -0.818. The van der Waals surface area contributed by atoms with Gasteiger partial charge in [0.05, 0.1) is 6.04 Å². The summed E-state index contributed by atoms with van der Waals surface area (Å²) < 4.78 is 0. The molecule has 0 amide bonds. The van der Waals surface area contributed by atoms with E-state index in [1.54, 1.807) is 0 Å². The molecule has 2 aromatic carbocycles. The molecule has 0 atom stereocenters. The predicted molar refractivity (Wildman–Crippen MR) is 76.7 cm³/mol. The molecule has 0 spiro atoms. The largest absolute Gasteiger partial charge is 0.330 e. The SMILES string of the molecule is C[SiH](C)NC(c1ccccc1)c1ccccc1. The Labute approximate surface area is 105 Å². The van der Waals surface area contributed by atoms with E-state index >= 15 is 0 Å². The highest BCUT2D eigenvalue weighted by atomic mass is 28.3. The van der Waals surface area contributed by atoms with Gasteiger partial charge in [0.2, 0.25) is 0 Å². The van der Waals surface area contributed by atoms with Crippen molar-refractivity contribution < 1.29 is 0 Å². The van der Waals surface area contributed by atoms with E-state index in [9.17, 15) is 0 Å². The monoisotopic (exact) mass is 241 g/mol. The zero-order valence-electron chi connectivity index (χ0n) is 10.4. The fourth-order valence-corrected chi connectivity index (χ4v) is 3.06. The minimum atomic E-state index is -0.818. The molecular weight excluding hydrogens is 222 g/mol. The first-order valence-corrected chi connectivity index (χ1v) is 9.02. The lowest BCUT2D eigenvalue weighted by atomic mass is 10.00. The maximum absolute atomic E-state index is 3.75. The van der Waals surface area contributed by atoms with Gasteiger partial charge in [-0.05, 0) is 11.1 Å². The van der Waals surface area contributed by atoms with Crippen molar-refractivity contribution in [3.63, 3.8) is 0 Å². The molecule has 0 fully saturated rings. The summed E-state index contributed by atoms with van der Waals surface area (Å²) in [4.78, 5) is 3.75. The van der Waals surface area contributed by atoms with Crippen LogP contribution >= 0.6 is 0 Å². The van der Waals surface area contributed by atoms with Crippen molar-refractivity contribution in [3.8, 4) is 0 Å². The van der Waals surface area contributed by atoms with E-state index < -0.39 is 8.96 Å². The predicted octanol–water partition coefficient (Wildman–Crippen LogP) is 3.35. The summed E-state index contributed by atoms with van der Waals surface area (Å²) in [6.07, 6.45) is 0. The van der Waals surface area contributed by atoms with Crippen molar-refractivity contribution >= 4 is 8.96 Å². The van der Waals surface area contributed by atoms with Gasteiger partial charge in [-0.1, -0.05) is 73.8 Å². The van der Waals surface area contributed by atoms with E-state index in [2.05, 4.69) is 78.7 Å². The number of rotatable bonds is 4. The number of hydrogen-bond donors (Lipinski definition) is 1. The van der Waals surface area contributed by atoms with Crippen LogP contribution in [0.4, 0.5) is 0 Å². The van der Waals surface area contributed by atoms with Crippen molar-refractivity contribution in [1.29, 1.82) is 0 Å². The normalized spacial score (nSPS) is 11.1. The fourth-order valence-electron chi connectivity index (χ4n) is 2.01. The van der Waals surface area contributed by atoms with Gasteiger partial charge in [0, 0.05) is 0 Å². The molecule has 2 heteroatoms. The standard InChI is InChI=1S/C15H19NSi/c1-17(2)16-15(13-9-5-3-6-10-13)14-11-7-4-8-12-14/h3-12,15-17H,1-2H3. The van der Waals surface area contributed by atoms with Crippen LogP contribution in [-0.2, 0) is 0 Å². The van der Waals surface area contributed by atoms with Gasteiger partial charge in [-0.2, -0.15) is 0 Å². The zero-order chi connectivity index (χ0) is 12.1. The van der Waals surface area contributed by atoms with Gasteiger partial charge in [-0.3, -0.25) is 0 Å². The third-order valence-corrected chi connectivity index (χ3v) is 3.77. The molecule has 0 saturated carbocycles. The van der Waals surface area contributed by atoms with Crippen LogP contribution in [-0.4, -0.2) is 8.96 Å². The molecule has 0 aliphatic rings. The van der Waals surface area contributed by atoms with Crippen LogP contribution in [0, 0.1) is 0 Å². The third kappa shape index (κ3) is 3.28. The van der Waals surface area contributed by atoms with Crippen molar-refractivity contribution in [1.82, 2.24) is 4.98 Å². The molecule has 1 nitrogen and oxygen atoms in total. The second-order valence-corrected chi connectivity index (χ2v) is 7.22. The van der Waals surface area contributed by atoms with E-state index in [1.807, 2.05) is 0 Å². The fraction of sp³-hybridized carbons (Fsp3) is 0.200. The summed E-state index contributed by atoms with van der Waals surface area (Å²) in [5, 5.41) is 0. The molecule has 1 N–H and O–H groups in total. The molecule has 17 heavy (non-hydrogen) atoms. The summed E-state index contributed by atoms with van der Waals surface area (Å²) in [6.45, 7) is 4.64. The first-order valence-electron chi connectivity index (χ1n) is 6.13. The highest BCUT2D eigenvalue weighted by Gasteiger charge is 2.14. The molecule has 2 rings (SSSR count). The number of nitrogens with one attached hydrogen (secondary N) is 1. The van der Waals surface area contributed by atoms with Crippen LogP contribution in [0.2, 0.25) is 13.1 Å². The molecule has 0 saturated heterocycles. The molecule has 0 aliphatic heterocycles. The van der Waals surface area contributed by atoms with Crippen LogP contribution < -0.4 is 4.98 Å². The van der Waals surface area contributed by atoms with Crippen LogP contribution in [0.5, 0.6) is 0 Å². The summed E-state index contributed by atoms with van der Waals surface area (Å²) in [6, 6.07) is 21.7. The lowest BCUT2D eigenvalue weighted by Crippen LogP contribution is -2.32. The molecule has 0 heterocycles. The van der Waals surface area contributed by atoms with Gasteiger partial charge in [0.25, 0.3) is 0 Å². The second-order valence-electron chi connectivity index (χ2n) is 4.58. The Balaban J connectivity index is 2.32. The Morgan fingerprint density at radius 3 is 1.53 bits per heavy atom. The average Bonchev–Trinajstić information content (AvgIpc) is 2.38. The van der Waals surface area contributed by atoms with E-state index in [0.717, 1.165) is 0 Å². The van der Waals surface area contributed by atoms with Gasteiger partial charge in [0.1, 0.15) is 8.96 Å². The average molecular weight is 241 g/mol. The van der Waals surface area contributed by atoms with Gasteiger partial charge in [-0.15, -0.1) is 0 Å². The van der Waals surface area contributed by atoms with Crippen molar-refractivity contribution in [2.45, 2.75) is 19.1 Å². The topological polar surface area (TPSA) is 12.0 Å². The highest BCUT2D eigenvalue weighted by Crippen LogP contribution is 2.21. The lowest BCUT2D eigenvalue weighted by Gasteiger charge is -2.22. The molecule has 88 valence electrons. The van der Waals surface area contributed by atoms with Crippen LogP contribution in [0.3, 0.4) is 0 Å². The van der Waals surface area contributed by atoms with E-state index in [-0.39, 0.29) is 0 Å². The maximum Gasteiger partial charge on any atom is 0.103 e. The van der Waals surface area contributed by atoms with Gasteiger partial charge in [-0.25, -0.2) is 0 Å². The Bertz CT molecular complexity index is 399. The van der Waals surface area contributed by atoms with Gasteiger partial charge >= 0.3 is 0 Å². The zero-order valence-corrected chi connectivity index (χ0v) is 11.6. The molecule has 0 aliphatic carbocycles. The summed E-state index contributed by atoms with van der Waals surface area (Å²) in [5.74, 6) is 0.